The number of hydrazone groups is 1. The number of carbonyl (C=O) groups is 1. The fraction of sp³-hybridized carbons (Fsp3) is 0.200. The molecule has 3 rings (SSSR count). The molecule has 0 spiro atoms. The quantitative estimate of drug-likeness (QED) is 0.410. The molecule has 1 aliphatic rings. The van der Waals surface area contributed by atoms with Crippen LogP contribution in [-0.4, -0.2) is 30.8 Å². The van der Waals surface area contributed by atoms with Crippen molar-refractivity contribution in [2.75, 3.05) is 19.2 Å². The van der Waals surface area contributed by atoms with Gasteiger partial charge >= 0.3 is 0 Å². The van der Waals surface area contributed by atoms with Crippen molar-refractivity contribution in [2.45, 2.75) is 13.8 Å². The molecule has 0 saturated carbocycles. The number of halogens is 1. The molecule has 0 bridgehead atoms. The number of nitro groups is 1. The lowest BCUT2D eigenvalue weighted by atomic mass is 10.0. The van der Waals surface area contributed by atoms with Gasteiger partial charge in [-0.25, -0.2) is 0 Å². The maximum absolute atomic E-state index is 12.9. The van der Waals surface area contributed by atoms with Crippen molar-refractivity contribution in [3.8, 4) is 11.5 Å². The van der Waals surface area contributed by atoms with Crippen LogP contribution in [0.5, 0.6) is 11.5 Å². The number of hydrogen-bond acceptors (Lipinski definition) is 6. The Hall–Kier alpha value is -3.39. The van der Waals surface area contributed by atoms with Gasteiger partial charge in [-0.3, -0.25) is 14.9 Å². The number of carbonyl (C=O) groups excluding carboxylic acids is 1. The van der Waals surface area contributed by atoms with E-state index < -0.39 is 10.8 Å². The summed E-state index contributed by atoms with van der Waals surface area (Å²) in [6, 6.07) is 7.88. The molecule has 0 aromatic heterocycles. The van der Waals surface area contributed by atoms with Crippen molar-refractivity contribution in [1.82, 2.24) is 0 Å². The largest absolute Gasteiger partial charge is 0.493 e. The van der Waals surface area contributed by atoms with Gasteiger partial charge in [0, 0.05) is 5.02 Å². The molecule has 2 aromatic carbocycles. The van der Waals surface area contributed by atoms with Gasteiger partial charge in [-0.05, 0) is 43.7 Å². The maximum Gasteiger partial charge on any atom is 0.280 e. The van der Waals surface area contributed by atoms with Crippen LogP contribution in [-0.2, 0) is 4.79 Å². The van der Waals surface area contributed by atoms with Gasteiger partial charge in [0.2, 0.25) is 0 Å². The van der Waals surface area contributed by atoms with Crippen LogP contribution in [0.4, 0.5) is 11.4 Å². The second-order valence-corrected chi connectivity index (χ2v) is 6.72. The molecule has 150 valence electrons. The first kappa shape index (κ1) is 20.3. The number of benzene rings is 2. The summed E-state index contributed by atoms with van der Waals surface area (Å²) in [6.07, 6.45) is 1.43. The summed E-state index contributed by atoms with van der Waals surface area (Å²) in [7, 11) is 2.82. The molecule has 29 heavy (non-hydrogen) atoms. The van der Waals surface area contributed by atoms with Gasteiger partial charge in [-0.15, -0.1) is 0 Å². The van der Waals surface area contributed by atoms with Crippen LogP contribution >= 0.6 is 11.6 Å². The zero-order valence-electron chi connectivity index (χ0n) is 16.2. The number of methoxy groups -OCH3 is 2. The summed E-state index contributed by atoms with van der Waals surface area (Å²) >= 11 is 6.16. The molecular formula is C20H18ClN3O5. The Morgan fingerprint density at radius 3 is 2.38 bits per heavy atom. The van der Waals surface area contributed by atoms with E-state index >= 15 is 0 Å². The highest BCUT2D eigenvalue weighted by Gasteiger charge is 2.30. The smallest absolute Gasteiger partial charge is 0.280 e. The summed E-state index contributed by atoms with van der Waals surface area (Å²) in [4.78, 5) is 23.9. The van der Waals surface area contributed by atoms with Crippen LogP contribution in [0.15, 0.2) is 41.0 Å². The zero-order valence-corrected chi connectivity index (χ0v) is 17.0. The van der Waals surface area contributed by atoms with E-state index in [2.05, 4.69) is 5.10 Å². The van der Waals surface area contributed by atoms with Crippen LogP contribution in [0, 0.1) is 17.0 Å². The number of nitro benzene ring substituents is 1. The Balaban J connectivity index is 2.07. The number of ether oxygens (including phenoxy) is 2. The minimum atomic E-state index is -0.544. The number of nitrogens with zero attached hydrogens (tertiary/aromatic N) is 3. The molecular weight excluding hydrogens is 398 g/mol. The predicted molar refractivity (Wildman–Crippen MR) is 111 cm³/mol. The average molecular weight is 416 g/mol. The Bertz CT molecular complexity index is 1080. The van der Waals surface area contributed by atoms with E-state index in [0.717, 1.165) is 5.56 Å². The number of amides is 1. The molecule has 0 aliphatic carbocycles. The Labute approximate surface area is 172 Å². The summed E-state index contributed by atoms with van der Waals surface area (Å²) in [5.74, 6) is 0.124. The van der Waals surface area contributed by atoms with Gasteiger partial charge in [0.1, 0.15) is 0 Å². The fourth-order valence-corrected chi connectivity index (χ4v) is 3.06. The number of aryl methyl sites for hydroxylation is 1. The van der Waals surface area contributed by atoms with Crippen LogP contribution in [0.25, 0.3) is 6.08 Å². The van der Waals surface area contributed by atoms with E-state index in [0.29, 0.717) is 22.2 Å². The minimum absolute atomic E-state index is 0.203. The lowest BCUT2D eigenvalue weighted by Gasteiger charge is -2.13. The zero-order chi connectivity index (χ0) is 21.3. The molecule has 1 amide bonds. The first-order chi connectivity index (χ1) is 13.8. The summed E-state index contributed by atoms with van der Waals surface area (Å²) in [6.45, 7) is 3.51. The van der Waals surface area contributed by atoms with Gasteiger partial charge in [0.15, 0.2) is 11.5 Å². The van der Waals surface area contributed by atoms with E-state index in [1.54, 1.807) is 25.1 Å². The topological polar surface area (TPSA) is 94.3 Å². The molecule has 8 nitrogen and oxygen atoms in total. The molecule has 0 atom stereocenters. The molecule has 0 unspecified atom stereocenters. The van der Waals surface area contributed by atoms with Gasteiger partial charge in [0.05, 0.1) is 47.7 Å². The summed E-state index contributed by atoms with van der Waals surface area (Å²) in [5, 5.41) is 17.5. The number of rotatable bonds is 5. The van der Waals surface area contributed by atoms with E-state index in [1.807, 2.05) is 6.92 Å². The summed E-state index contributed by atoms with van der Waals surface area (Å²) in [5.41, 5.74) is 2.03. The third-order valence-electron chi connectivity index (χ3n) is 4.49. The highest BCUT2D eigenvalue weighted by Crippen LogP contribution is 2.36. The van der Waals surface area contributed by atoms with Crippen molar-refractivity contribution in [1.29, 1.82) is 0 Å². The second-order valence-electron chi connectivity index (χ2n) is 6.32. The standard InChI is InChI=1S/C20H18ClN3O5/c1-11-5-6-14(9-16(11)21)23-20(25)15(12(2)22-23)7-13-8-18(28-3)19(29-4)10-17(13)24(26)27/h5-10H,1-4H3/b15-7+. The van der Waals surface area contributed by atoms with Crippen LogP contribution in [0.1, 0.15) is 18.1 Å². The van der Waals surface area contributed by atoms with E-state index in [9.17, 15) is 14.9 Å². The molecule has 0 radical (unpaired) electrons. The lowest BCUT2D eigenvalue weighted by Crippen LogP contribution is -2.21. The number of hydrogen-bond donors (Lipinski definition) is 0. The van der Waals surface area contributed by atoms with Crippen molar-refractivity contribution < 1.29 is 19.2 Å². The number of anilines is 1. The fourth-order valence-electron chi connectivity index (χ4n) is 2.89. The Morgan fingerprint density at radius 1 is 1.14 bits per heavy atom. The van der Waals surface area contributed by atoms with Crippen molar-refractivity contribution >= 4 is 40.7 Å². The van der Waals surface area contributed by atoms with Crippen molar-refractivity contribution in [3.63, 3.8) is 0 Å². The summed E-state index contributed by atoms with van der Waals surface area (Å²) < 4.78 is 10.4. The first-order valence-electron chi connectivity index (χ1n) is 8.55. The third-order valence-corrected chi connectivity index (χ3v) is 4.90. The highest BCUT2D eigenvalue weighted by atomic mass is 35.5. The average Bonchev–Trinajstić information content (AvgIpc) is 2.97. The predicted octanol–water partition coefficient (Wildman–Crippen LogP) is 4.38. The molecule has 0 fully saturated rings. The molecule has 0 saturated heterocycles. The maximum atomic E-state index is 12.9. The Morgan fingerprint density at radius 2 is 1.79 bits per heavy atom. The molecule has 9 heteroatoms. The van der Waals surface area contributed by atoms with Gasteiger partial charge in [-0.1, -0.05) is 17.7 Å². The van der Waals surface area contributed by atoms with Gasteiger partial charge < -0.3 is 9.47 Å². The van der Waals surface area contributed by atoms with Crippen LogP contribution in [0.3, 0.4) is 0 Å². The van der Waals surface area contributed by atoms with E-state index in [4.69, 9.17) is 21.1 Å². The van der Waals surface area contributed by atoms with E-state index in [-0.39, 0.29) is 22.6 Å². The van der Waals surface area contributed by atoms with Crippen molar-refractivity contribution in [3.05, 3.63) is 62.2 Å². The van der Waals surface area contributed by atoms with Crippen LogP contribution in [0.2, 0.25) is 5.02 Å². The first-order valence-corrected chi connectivity index (χ1v) is 8.93. The normalized spacial score (nSPS) is 14.9. The molecule has 1 heterocycles. The minimum Gasteiger partial charge on any atom is -0.493 e. The molecule has 1 aliphatic heterocycles. The monoisotopic (exact) mass is 415 g/mol. The second kappa shape index (κ2) is 7.92. The van der Waals surface area contributed by atoms with E-state index in [1.165, 1.54) is 37.4 Å². The SMILES string of the molecule is COc1cc(/C=C2/C(=O)N(c3ccc(C)c(Cl)c3)N=C2C)c([N+](=O)[O-])cc1OC. The molecule has 0 N–H and O–H groups in total. The van der Waals surface area contributed by atoms with Crippen LogP contribution < -0.4 is 14.5 Å². The Kier molecular flexibility index (Phi) is 5.56. The molecule has 2 aromatic rings. The lowest BCUT2D eigenvalue weighted by molar-refractivity contribution is -0.385. The van der Waals surface area contributed by atoms with Gasteiger partial charge in [0.25, 0.3) is 11.6 Å². The highest BCUT2D eigenvalue weighted by molar-refractivity contribution is 6.33. The third kappa shape index (κ3) is 3.79. The van der Waals surface area contributed by atoms with Crippen molar-refractivity contribution in [2.24, 2.45) is 5.10 Å². The van der Waals surface area contributed by atoms with Gasteiger partial charge in [-0.2, -0.15) is 10.1 Å².